The van der Waals surface area contributed by atoms with Gasteiger partial charge in [-0.1, -0.05) is 6.92 Å². The third-order valence-electron chi connectivity index (χ3n) is 3.54. The van der Waals surface area contributed by atoms with Gasteiger partial charge < -0.3 is 4.90 Å². The summed E-state index contributed by atoms with van der Waals surface area (Å²) in [5.74, 6) is 0. The van der Waals surface area contributed by atoms with E-state index in [1.807, 2.05) is 0 Å². The van der Waals surface area contributed by atoms with Gasteiger partial charge in [0.1, 0.15) is 0 Å². The summed E-state index contributed by atoms with van der Waals surface area (Å²) < 4.78 is 0. The summed E-state index contributed by atoms with van der Waals surface area (Å²) >= 11 is 0. The minimum atomic E-state index is 0.839. The highest BCUT2D eigenvalue weighted by Crippen LogP contribution is 2.23. The normalized spacial score (nSPS) is 43.0. The van der Waals surface area contributed by atoms with Crippen LogP contribution in [0.2, 0.25) is 0 Å². The Morgan fingerprint density at radius 2 is 2.17 bits per heavy atom. The van der Waals surface area contributed by atoms with Crippen LogP contribution in [0.5, 0.6) is 0 Å². The summed E-state index contributed by atoms with van der Waals surface area (Å²) in [6.07, 6.45) is 4.14. The first-order valence-corrected chi connectivity index (χ1v) is 5.25. The van der Waals surface area contributed by atoms with Crippen LogP contribution in [0.4, 0.5) is 0 Å². The Balaban J connectivity index is 2.03. The molecule has 2 heteroatoms. The first-order chi connectivity index (χ1) is 5.81. The monoisotopic (exact) mass is 168 g/mol. The standard InChI is InChI=1S/C10H20N2/c1-3-9-7-11(2)10-5-4-6-12(9)8-10/h9-10H,3-8H2,1-2H3. The third kappa shape index (κ3) is 1.38. The van der Waals surface area contributed by atoms with E-state index >= 15 is 0 Å². The summed E-state index contributed by atoms with van der Waals surface area (Å²) in [6.45, 7) is 6.28. The average molecular weight is 168 g/mol. The zero-order valence-electron chi connectivity index (χ0n) is 8.29. The van der Waals surface area contributed by atoms with Crippen molar-refractivity contribution in [2.75, 3.05) is 26.7 Å². The largest absolute Gasteiger partial charge is 0.301 e. The first kappa shape index (κ1) is 8.52. The molecule has 2 heterocycles. The molecular weight excluding hydrogens is 148 g/mol. The van der Waals surface area contributed by atoms with Crippen molar-refractivity contribution < 1.29 is 0 Å². The van der Waals surface area contributed by atoms with Gasteiger partial charge in [0.15, 0.2) is 0 Å². The highest BCUT2D eigenvalue weighted by molar-refractivity contribution is 4.89. The molecule has 0 amide bonds. The lowest BCUT2D eigenvalue weighted by Gasteiger charge is -2.48. The number of piperidine rings is 1. The number of rotatable bonds is 1. The fourth-order valence-electron chi connectivity index (χ4n) is 2.66. The molecular formula is C10H20N2. The van der Waals surface area contributed by atoms with Gasteiger partial charge in [-0.15, -0.1) is 0 Å². The Bertz CT molecular complexity index is 156. The fraction of sp³-hybridized carbons (Fsp3) is 1.00. The topological polar surface area (TPSA) is 6.48 Å². The molecule has 0 aromatic heterocycles. The Labute approximate surface area is 75.5 Å². The maximum absolute atomic E-state index is 2.69. The average Bonchev–Trinajstić information content (AvgIpc) is 2.12. The van der Waals surface area contributed by atoms with Crippen LogP contribution in [0.25, 0.3) is 0 Å². The molecule has 3 atom stereocenters. The van der Waals surface area contributed by atoms with Gasteiger partial charge in [0.25, 0.3) is 0 Å². The van der Waals surface area contributed by atoms with Gasteiger partial charge in [-0.3, -0.25) is 4.90 Å². The minimum Gasteiger partial charge on any atom is -0.301 e. The van der Waals surface area contributed by atoms with Gasteiger partial charge in [0.05, 0.1) is 0 Å². The van der Waals surface area contributed by atoms with Gasteiger partial charge >= 0.3 is 0 Å². The van der Waals surface area contributed by atoms with Crippen molar-refractivity contribution in [1.29, 1.82) is 0 Å². The molecule has 2 nitrogen and oxygen atoms in total. The zero-order valence-corrected chi connectivity index (χ0v) is 8.29. The molecule has 0 aliphatic carbocycles. The number of hydrogen-bond acceptors (Lipinski definition) is 2. The van der Waals surface area contributed by atoms with Crippen LogP contribution in [0.1, 0.15) is 26.2 Å². The lowest BCUT2D eigenvalue weighted by atomic mass is 9.96. The molecule has 0 aromatic rings. The second-order valence-corrected chi connectivity index (χ2v) is 4.29. The molecule has 0 saturated carbocycles. The Kier molecular flexibility index (Phi) is 2.37. The molecule has 2 aliphatic heterocycles. The van der Waals surface area contributed by atoms with Gasteiger partial charge in [-0.25, -0.2) is 0 Å². The molecule has 2 rings (SSSR count). The Hall–Kier alpha value is -0.0800. The third-order valence-corrected chi connectivity index (χ3v) is 3.54. The highest BCUT2D eigenvalue weighted by Gasteiger charge is 2.33. The molecule has 0 aromatic carbocycles. The van der Waals surface area contributed by atoms with Crippen molar-refractivity contribution >= 4 is 0 Å². The first-order valence-electron chi connectivity index (χ1n) is 5.25. The molecule has 2 bridgehead atoms. The zero-order chi connectivity index (χ0) is 8.55. The minimum absolute atomic E-state index is 0.839. The number of piperazine rings is 1. The van der Waals surface area contributed by atoms with E-state index in [0.717, 1.165) is 12.1 Å². The lowest BCUT2D eigenvalue weighted by Crippen LogP contribution is -2.59. The van der Waals surface area contributed by atoms with Crippen LogP contribution in [0.15, 0.2) is 0 Å². The number of fused-ring (bicyclic) bond motifs is 2. The van der Waals surface area contributed by atoms with Crippen molar-refractivity contribution in [3.05, 3.63) is 0 Å². The van der Waals surface area contributed by atoms with E-state index in [9.17, 15) is 0 Å². The summed E-state index contributed by atoms with van der Waals surface area (Å²) in [7, 11) is 2.29. The molecule has 70 valence electrons. The van der Waals surface area contributed by atoms with E-state index in [1.54, 1.807) is 0 Å². The molecule has 2 aliphatic rings. The van der Waals surface area contributed by atoms with Gasteiger partial charge in [-0.2, -0.15) is 0 Å². The maximum Gasteiger partial charge on any atom is 0.0221 e. The molecule has 0 radical (unpaired) electrons. The molecule has 12 heavy (non-hydrogen) atoms. The summed E-state index contributed by atoms with van der Waals surface area (Å²) in [5, 5.41) is 0. The summed E-state index contributed by atoms with van der Waals surface area (Å²) in [5.41, 5.74) is 0. The summed E-state index contributed by atoms with van der Waals surface area (Å²) in [6, 6.07) is 1.70. The predicted molar refractivity (Wildman–Crippen MR) is 51.3 cm³/mol. The van der Waals surface area contributed by atoms with Gasteiger partial charge in [-0.05, 0) is 32.9 Å². The second kappa shape index (κ2) is 3.35. The number of likely N-dealkylation sites (N-methyl/N-ethyl adjacent to an activating group) is 1. The van der Waals surface area contributed by atoms with E-state index in [4.69, 9.17) is 0 Å². The van der Waals surface area contributed by atoms with Crippen LogP contribution in [-0.4, -0.2) is 48.6 Å². The number of nitrogens with zero attached hydrogens (tertiary/aromatic N) is 2. The maximum atomic E-state index is 2.69. The van der Waals surface area contributed by atoms with Crippen molar-refractivity contribution in [2.24, 2.45) is 0 Å². The molecule has 2 saturated heterocycles. The van der Waals surface area contributed by atoms with Crippen molar-refractivity contribution in [1.82, 2.24) is 9.80 Å². The van der Waals surface area contributed by atoms with E-state index in [1.165, 1.54) is 38.9 Å². The molecule has 0 N–H and O–H groups in total. The van der Waals surface area contributed by atoms with Gasteiger partial charge in [0, 0.05) is 25.2 Å². The lowest BCUT2D eigenvalue weighted by molar-refractivity contribution is 0.0107. The number of hydrogen-bond donors (Lipinski definition) is 0. The van der Waals surface area contributed by atoms with Crippen LogP contribution in [0, 0.1) is 0 Å². The van der Waals surface area contributed by atoms with Crippen LogP contribution < -0.4 is 0 Å². The Morgan fingerprint density at radius 3 is 2.92 bits per heavy atom. The summed E-state index contributed by atoms with van der Waals surface area (Å²) in [4.78, 5) is 5.25. The van der Waals surface area contributed by atoms with Gasteiger partial charge in [0.2, 0.25) is 0 Å². The quantitative estimate of drug-likeness (QED) is 0.580. The fourth-order valence-corrected chi connectivity index (χ4v) is 2.66. The van der Waals surface area contributed by atoms with Crippen molar-refractivity contribution in [3.8, 4) is 0 Å². The van der Waals surface area contributed by atoms with E-state index in [-0.39, 0.29) is 0 Å². The van der Waals surface area contributed by atoms with Crippen LogP contribution >= 0.6 is 0 Å². The predicted octanol–water partition coefficient (Wildman–Crippen LogP) is 1.17. The van der Waals surface area contributed by atoms with Crippen LogP contribution in [0.3, 0.4) is 0 Å². The van der Waals surface area contributed by atoms with Crippen molar-refractivity contribution in [2.45, 2.75) is 38.3 Å². The molecule has 0 spiro atoms. The Morgan fingerprint density at radius 1 is 1.33 bits per heavy atom. The molecule has 3 unspecified atom stereocenters. The second-order valence-electron chi connectivity index (χ2n) is 4.29. The van der Waals surface area contributed by atoms with E-state index in [2.05, 4.69) is 23.8 Å². The SMILES string of the molecule is CCC1CN(C)C2CCCN1C2. The van der Waals surface area contributed by atoms with E-state index in [0.29, 0.717) is 0 Å². The van der Waals surface area contributed by atoms with Crippen LogP contribution in [-0.2, 0) is 0 Å². The van der Waals surface area contributed by atoms with Crippen molar-refractivity contribution in [3.63, 3.8) is 0 Å². The smallest absolute Gasteiger partial charge is 0.0221 e. The van der Waals surface area contributed by atoms with E-state index < -0.39 is 0 Å². The highest BCUT2D eigenvalue weighted by atomic mass is 15.3. The molecule has 2 fully saturated rings.